The van der Waals surface area contributed by atoms with E-state index in [0.717, 1.165) is 19.4 Å². The molecule has 0 aromatic heterocycles. The molecule has 0 spiro atoms. The van der Waals surface area contributed by atoms with Crippen LogP contribution in [0.5, 0.6) is 0 Å². The molecule has 58 valence electrons. The minimum absolute atomic E-state index is 0.130. The average molecular weight is 163 g/mol. The van der Waals surface area contributed by atoms with Crippen molar-refractivity contribution < 1.29 is 13.8 Å². The molecule has 0 radical (unpaired) electrons. The highest BCUT2D eigenvalue weighted by Crippen LogP contribution is 2.36. The maximum Gasteiger partial charge on any atom is 0.540 e. The third kappa shape index (κ3) is 2.01. The van der Waals surface area contributed by atoms with Crippen LogP contribution in [-0.2, 0) is 13.8 Å². The van der Waals surface area contributed by atoms with E-state index in [1.807, 2.05) is 6.92 Å². The molecule has 3 nitrogen and oxygen atoms in total. The number of ether oxygens (including phenoxy) is 1. The molecular formula is C6H12O3P+. The van der Waals surface area contributed by atoms with Crippen LogP contribution in [0.25, 0.3) is 0 Å². The van der Waals surface area contributed by atoms with Gasteiger partial charge in [-0.3, -0.25) is 0 Å². The minimum atomic E-state index is -1.55. The maximum atomic E-state index is 11.0. The highest BCUT2D eigenvalue weighted by atomic mass is 31.1. The van der Waals surface area contributed by atoms with Crippen LogP contribution >= 0.6 is 8.03 Å². The SMILES string of the molecule is CCO[P+](=O)C1CCCO1. The van der Waals surface area contributed by atoms with Gasteiger partial charge in [0.1, 0.15) is 0 Å². The fourth-order valence-corrected chi connectivity index (χ4v) is 1.98. The van der Waals surface area contributed by atoms with E-state index in [4.69, 9.17) is 9.26 Å². The van der Waals surface area contributed by atoms with Crippen molar-refractivity contribution in [2.45, 2.75) is 25.6 Å². The molecule has 0 aromatic carbocycles. The third-order valence-electron chi connectivity index (χ3n) is 1.40. The summed E-state index contributed by atoms with van der Waals surface area (Å²) < 4.78 is 21.1. The van der Waals surface area contributed by atoms with Gasteiger partial charge in [0.2, 0.25) is 0 Å². The summed E-state index contributed by atoms with van der Waals surface area (Å²) in [5, 5.41) is 0. The maximum absolute atomic E-state index is 11.0. The summed E-state index contributed by atoms with van der Waals surface area (Å²) in [6.07, 6.45) is 1.90. The van der Waals surface area contributed by atoms with Gasteiger partial charge in [-0.05, 0) is 17.9 Å². The molecule has 0 amide bonds. The molecule has 10 heavy (non-hydrogen) atoms. The zero-order valence-electron chi connectivity index (χ0n) is 6.08. The average Bonchev–Trinajstić information content (AvgIpc) is 2.38. The molecule has 0 aromatic rings. The zero-order valence-corrected chi connectivity index (χ0v) is 6.97. The number of hydrogen-bond acceptors (Lipinski definition) is 3. The first kappa shape index (κ1) is 8.12. The standard InChI is InChI=1S/C6H12O3P/c1-2-9-10(7)6-4-3-5-8-6/h6H,2-5H2,1H3/q+1. The van der Waals surface area contributed by atoms with Gasteiger partial charge in [0, 0.05) is 6.42 Å². The van der Waals surface area contributed by atoms with E-state index < -0.39 is 8.03 Å². The van der Waals surface area contributed by atoms with Gasteiger partial charge < -0.3 is 4.74 Å². The van der Waals surface area contributed by atoms with Crippen molar-refractivity contribution in [3.8, 4) is 0 Å². The van der Waals surface area contributed by atoms with E-state index in [0.29, 0.717) is 6.61 Å². The summed E-state index contributed by atoms with van der Waals surface area (Å²) in [7, 11) is -1.55. The predicted octanol–water partition coefficient (Wildman–Crippen LogP) is 1.90. The van der Waals surface area contributed by atoms with Crippen molar-refractivity contribution >= 4 is 8.03 Å². The van der Waals surface area contributed by atoms with Crippen molar-refractivity contribution in [2.24, 2.45) is 0 Å². The topological polar surface area (TPSA) is 35.5 Å². The Hall–Kier alpha value is 0.0200. The van der Waals surface area contributed by atoms with Crippen molar-refractivity contribution in [3.05, 3.63) is 0 Å². The lowest BCUT2D eigenvalue weighted by atomic mass is 10.4. The van der Waals surface area contributed by atoms with Crippen molar-refractivity contribution in [2.75, 3.05) is 13.2 Å². The summed E-state index contributed by atoms with van der Waals surface area (Å²) in [5.41, 5.74) is 0. The first-order valence-electron chi connectivity index (χ1n) is 3.55. The Labute approximate surface area is 61.6 Å². The summed E-state index contributed by atoms with van der Waals surface area (Å²) >= 11 is 0. The largest absolute Gasteiger partial charge is 0.540 e. The fourth-order valence-electron chi connectivity index (χ4n) is 0.937. The second kappa shape index (κ2) is 4.02. The summed E-state index contributed by atoms with van der Waals surface area (Å²) in [5.74, 6) is -0.130. The molecule has 1 saturated heterocycles. The highest BCUT2D eigenvalue weighted by molar-refractivity contribution is 7.39. The first-order chi connectivity index (χ1) is 4.84. The molecule has 2 unspecified atom stereocenters. The zero-order chi connectivity index (χ0) is 7.40. The van der Waals surface area contributed by atoms with E-state index in [1.54, 1.807) is 0 Å². The Kier molecular flexibility index (Phi) is 3.26. The van der Waals surface area contributed by atoms with Gasteiger partial charge in [-0.25, -0.2) is 0 Å². The molecule has 0 N–H and O–H groups in total. The molecule has 1 aliphatic heterocycles. The Morgan fingerprint density at radius 2 is 2.60 bits per heavy atom. The van der Waals surface area contributed by atoms with Gasteiger partial charge in [0.05, 0.1) is 13.2 Å². The molecule has 0 saturated carbocycles. The highest BCUT2D eigenvalue weighted by Gasteiger charge is 2.36. The van der Waals surface area contributed by atoms with Crippen molar-refractivity contribution in [1.29, 1.82) is 0 Å². The van der Waals surface area contributed by atoms with Crippen LogP contribution in [0.2, 0.25) is 0 Å². The quantitative estimate of drug-likeness (QED) is 0.596. The second-order valence-corrected chi connectivity index (χ2v) is 3.58. The monoisotopic (exact) mass is 163 g/mol. The smallest absolute Gasteiger partial charge is 0.333 e. The molecule has 1 fully saturated rings. The van der Waals surface area contributed by atoms with Crippen LogP contribution in [0.15, 0.2) is 0 Å². The Bertz CT molecular complexity index is 120. The lowest BCUT2D eigenvalue weighted by molar-refractivity contribution is 0.153. The van der Waals surface area contributed by atoms with Gasteiger partial charge in [0.15, 0.2) is 0 Å². The normalized spacial score (nSPS) is 26.9. The number of hydrogen-bond donors (Lipinski definition) is 0. The first-order valence-corrected chi connectivity index (χ1v) is 4.80. The molecule has 2 atom stereocenters. The summed E-state index contributed by atoms with van der Waals surface area (Å²) in [6, 6.07) is 0. The minimum Gasteiger partial charge on any atom is -0.333 e. The van der Waals surface area contributed by atoms with Gasteiger partial charge in [-0.1, -0.05) is 0 Å². The van der Waals surface area contributed by atoms with Crippen molar-refractivity contribution in [1.82, 2.24) is 0 Å². The molecule has 1 rings (SSSR count). The molecule has 1 aliphatic rings. The van der Waals surface area contributed by atoms with Crippen LogP contribution in [0.4, 0.5) is 0 Å². The van der Waals surface area contributed by atoms with E-state index in [1.165, 1.54) is 0 Å². The van der Waals surface area contributed by atoms with Gasteiger partial charge in [0.25, 0.3) is 5.85 Å². The lowest BCUT2D eigenvalue weighted by Crippen LogP contribution is -1.99. The van der Waals surface area contributed by atoms with Gasteiger partial charge in [-0.2, -0.15) is 0 Å². The summed E-state index contributed by atoms with van der Waals surface area (Å²) in [6.45, 7) is 3.08. The van der Waals surface area contributed by atoms with E-state index in [-0.39, 0.29) is 5.85 Å². The summed E-state index contributed by atoms with van der Waals surface area (Å²) in [4.78, 5) is 0. The third-order valence-corrected chi connectivity index (χ3v) is 2.79. The molecule has 0 bridgehead atoms. The van der Waals surface area contributed by atoms with Crippen LogP contribution in [0.1, 0.15) is 19.8 Å². The Morgan fingerprint density at radius 1 is 1.80 bits per heavy atom. The molecule has 4 heteroatoms. The van der Waals surface area contributed by atoms with Crippen LogP contribution in [0, 0.1) is 0 Å². The van der Waals surface area contributed by atoms with E-state index in [2.05, 4.69) is 0 Å². The lowest BCUT2D eigenvalue weighted by Gasteiger charge is -1.92. The van der Waals surface area contributed by atoms with Crippen LogP contribution < -0.4 is 0 Å². The molecule has 0 aliphatic carbocycles. The van der Waals surface area contributed by atoms with Gasteiger partial charge in [-0.15, -0.1) is 4.52 Å². The molecule has 1 heterocycles. The van der Waals surface area contributed by atoms with Crippen LogP contribution in [-0.4, -0.2) is 19.1 Å². The number of rotatable bonds is 3. The van der Waals surface area contributed by atoms with E-state index >= 15 is 0 Å². The van der Waals surface area contributed by atoms with Crippen LogP contribution in [0.3, 0.4) is 0 Å². The van der Waals surface area contributed by atoms with Gasteiger partial charge >= 0.3 is 8.03 Å². The van der Waals surface area contributed by atoms with Crippen molar-refractivity contribution in [3.63, 3.8) is 0 Å². The Balaban J connectivity index is 2.25. The fraction of sp³-hybridized carbons (Fsp3) is 1.00. The second-order valence-electron chi connectivity index (χ2n) is 2.17. The molecular weight excluding hydrogens is 151 g/mol. The predicted molar refractivity (Wildman–Crippen MR) is 38.2 cm³/mol. The Morgan fingerprint density at radius 3 is 3.10 bits per heavy atom. The van der Waals surface area contributed by atoms with E-state index in [9.17, 15) is 4.57 Å².